The number of ether oxygens (including phenoxy) is 7. The van der Waals surface area contributed by atoms with Crippen molar-refractivity contribution in [3.8, 4) is 0 Å². The van der Waals surface area contributed by atoms with Crippen LogP contribution in [0, 0.1) is 0 Å². The van der Waals surface area contributed by atoms with E-state index >= 15 is 0 Å². The van der Waals surface area contributed by atoms with Crippen LogP contribution in [0.5, 0.6) is 0 Å². The largest absolute Gasteiger partial charge is 0.463 e. The molecule has 0 N–H and O–H groups in total. The van der Waals surface area contributed by atoms with Crippen molar-refractivity contribution in [2.45, 2.75) is 45.4 Å². The van der Waals surface area contributed by atoms with E-state index in [2.05, 4.69) is 13.5 Å². The second kappa shape index (κ2) is 25.7. The fraction of sp³-hybridized carbons (Fsp3) is 0.826. The van der Waals surface area contributed by atoms with Gasteiger partial charge in [-0.15, -0.1) is 0 Å². The number of hydrogen-bond donors (Lipinski definition) is 0. The highest BCUT2D eigenvalue weighted by atomic mass is 16.6. The summed E-state index contributed by atoms with van der Waals surface area (Å²) in [5.74, 6) is -0.610. The van der Waals surface area contributed by atoms with E-state index in [0.29, 0.717) is 72.5 Å². The molecule has 0 rings (SSSR count). The quantitative estimate of drug-likeness (QED) is 0.115. The second-order valence-electron chi connectivity index (χ2n) is 6.82. The predicted octanol–water partition coefficient (Wildman–Crippen LogP) is 2.70. The maximum Gasteiger partial charge on any atom is 0.330 e. The van der Waals surface area contributed by atoms with E-state index in [1.165, 1.54) is 19.3 Å². The molecular weight excluding hydrogens is 420 g/mol. The first-order valence-corrected chi connectivity index (χ1v) is 11.5. The van der Waals surface area contributed by atoms with Crippen molar-refractivity contribution in [3.63, 3.8) is 0 Å². The van der Waals surface area contributed by atoms with Gasteiger partial charge in [0.05, 0.1) is 66.1 Å². The van der Waals surface area contributed by atoms with E-state index in [1.54, 1.807) is 0 Å². The molecule has 0 unspecified atom stereocenters. The summed E-state index contributed by atoms with van der Waals surface area (Å²) < 4.78 is 36.6. The van der Waals surface area contributed by atoms with Crippen LogP contribution in [-0.4, -0.2) is 91.2 Å². The van der Waals surface area contributed by atoms with Crippen LogP contribution in [0.2, 0.25) is 0 Å². The topological polar surface area (TPSA) is 98.8 Å². The molecule has 0 aliphatic carbocycles. The fourth-order valence-electron chi connectivity index (χ4n) is 2.40. The van der Waals surface area contributed by atoms with Crippen LogP contribution in [0.4, 0.5) is 0 Å². The van der Waals surface area contributed by atoms with Gasteiger partial charge < -0.3 is 33.2 Å². The van der Waals surface area contributed by atoms with E-state index in [9.17, 15) is 9.59 Å². The van der Waals surface area contributed by atoms with Crippen molar-refractivity contribution in [2.24, 2.45) is 0 Å². The van der Waals surface area contributed by atoms with Gasteiger partial charge in [0.1, 0.15) is 13.2 Å². The summed E-state index contributed by atoms with van der Waals surface area (Å²) in [6.45, 7) is 10.3. The minimum absolute atomic E-state index is 0.151. The predicted molar refractivity (Wildman–Crippen MR) is 120 cm³/mol. The molecule has 0 aromatic carbocycles. The Bertz CT molecular complexity index is 443. The van der Waals surface area contributed by atoms with Crippen LogP contribution in [-0.2, 0) is 42.7 Å². The first-order valence-electron chi connectivity index (χ1n) is 11.5. The van der Waals surface area contributed by atoms with Gasteiger partial charge >= 0.3 is 11.9 Å². The van der Waals surface area contributed by atoms with Crippen LogP contribution in [0.3, 0.4) is 0 Å². The van der Waals surface area contributed by atoms with Gasteiger partial charge in [0.2, 0.25) is 0 Å². The summed E-state index contributed by atoms with van der Waals surface area (Å²) in [5.41, 5.74) is 0. The van der Waals surface area contributed by atoms with Crippen molar-refractivity contribution < 1.29 is 42.7 Å². The number of esters is 2. The van der Waals surface area contributed by atoms with Gasteiger partial charge in [-0.25, -0.2) is 4.79 Å². The van der Waals surface area contributed by atoms with E-state index in [-0.39, 0.29) is 19.2 Å². The first kappa shape index (κ1) is 30.5. The number of rotatable bonds is 25. The maximum atomic E-state index is 11.5. The maximum absolute atomic E-state index is 11.5. The lowest BCUT2D eigenvalue weighted by molar-refractivity contribution is -0.145. The second-order valence-corrected chi connectivity index (χ2v) is 6.82. The van der Waals surface area contributed by atoms with Crippen molar-refractivity contribution in [2.75, 3.05) is 79.3 Å². The van der Waals surface area contributed by atoms with E-state index in [0.717, 1.165) is 18.9 Å². The molecule has 0 aliphatic heterocycles. The Morgan fingerprint density at radius 1 is 0.594 bits per heavy atom. The summed E-state index contributed by atoms with van der Waals surface area (Å²) in [6, 6.07) is 0. The highest BCUT2D eigenvalue weighted by molar-refractivity contribution is 5.81. The average molecular weight is 463 g/mol. The first-order chi connectivity index (χ1) is 15.7. The number of hydrogen-bond acceptors (Lipinski definition) is 9. The summed E-state index contributed by atoms with van der Waals surface area (Å²) in [6.07, 6.45) is 7.18. The van der Waals surface area contributed by atoms with Crippen LogP contribution in [0.15, 0.2) is 12.7 Å². The molecule has 0 fully saturated rings. The molecule has 32 heavy (non-hydrogen) atoms. The van der Waals surface area contributed by atoms with Gasteiger partial charge in [0, 0.05) is 12.5 Å². The highest BCUT2D eigenvalue weighted by Crippen LogP contribution is 2.05. The molecule has 0 radical (unpaired) electrons. The van der Waals surface area contributed by atoms with Crippen molar-refractivity contribution in [1.29, 1.82) is 0 Å². The molecule has 9 nitrogen and oxygen atoms in total. The molecule has 0 saturated heterocycles. The minimum Gasteiger partial charge on any atom is -0.463 e. The monoisotopic (exact) mass is 462 g/mol. The Balaban J connectivity index is 3.12. The third-order valence-electron chi connectivity index (χ3n) is 4.10. The number of unbranched alkanes of at least 4 members (excludes halogenated alkanes) is 4. The molecule has 0 heterocycles. The van der Waals surface area contributed by atoms with Gasteiger partial charge in [-0.3, -0.25) is 4.79 Å². The number of carbonyl (C=O) groups excluding carboxylic acids is 2. The summed E-state index contributed by atoms with van der Waals surface area (Å²) >= 11 is 0. The Labute approximate surface area is 192 Å². The van der Waals surface area contributed by atoms with Gasteiger partial charge in [-0.2, -0.15) is 0 Å². The SMILES string of the molecule is C=CC(=O)OCCOCCOCCOCCOCCOCCOC(=O)CCCCCCC. The van der Waals surface area contributed by atoms with Crippen molar-refractivity contribution in [1.82, 2.24) is 0 Å². The average Bonchev–Trinajstić information content (AvgIpc) is 2.80. The third-order valence-corrected chi connectivity index (χ3v) is 4.10. The zero-order valence-corrected chi connectivity index (χ0v) is 19.7. The molecule has 0 saturated carbocycles. The third kappa shape index (κ3) is 24.7. The van der Waals surface area contributed by atoms with Gasteiger partial charge in [0.25, 0.3) is 0 Å². The molecule has 0 bridgehead atoms. The summed E-state index contributed by atoms with van der Waals surface area (Å²) in [7, 11) is 0. The molecule has 0 aliphatic rings. The van der Waals surface area contributed by atoms with Crippen LogP contribution in [0.1, 0.15) is 45.4 Å². The Morgan fingerprint density at radius 3 is 1.44 bits per heavy atom. The normalized spacial score (nSPS) is 10.8. The van der Waals surface area contributed by atoms with Crippen LogP contribution in [0.25, 0.3) is 0 Å². The summed E-state index contributed by atoms with van der Waals surface area (Å²) in [5, 5.41) is 0. The Morgan fingerprint density at radius 2 is 1.00 bits per heavy atom. The fourth-order valence-corrected chi connectivity index (χ4v) is 2.40. The number of carbonyl (C=O) groups is 2. The Kier molecular flexibility index (Phi) is 24.5. The van der Waals surface area contributed by atoms with Crippen LogP contribution < -0.4 is 0 Å². The van der Waals surface area contributed by atoms with Gasteiger partial charge in [-0.1, -0.05) is 39.2 Å². The molecular formula is C23H42O9. The molecule has 188 valence electrons. The van der Waals surface area contributed by atoms with Gasteiger partial charge in [0.15, 0.2) is 0 Å². The molecule has 0 aromatic heterocycles. The lowest BCUT2D eigenvalue weighted by Gasteiger charge is -2.08. The zero-order valence-electron chi connectivity index (χ0n) is 19.7. The van der Waals surface area contributed by atoms with Crippen molar-refractivity contribution in [3.05, 3.63) is 12.7 Å². The Hall–Kier alpha value is -1.52. The zero-order chi connectivity index (χ0) is 23.5. The van der Waals surface area contributed by atoms with Crippen LogP contribution >= 0.6 is 0 Å². The lowest BCUT2D eigenvalue weighted by atomic mass is 10.1. The van der Waals surface area contributed by atoms with Crippen molar-refractivity contribution >= 4 is 11.9 Å². The van der Waals surface area contributed by atoms with Gasteiger partial charge in [-0.05, 0) is 6.42 Å². The van der Waals surface area contributed by atoms with E-state index in [1.807, 2.05) is 0 Å². The molecule has 0 aromatic rings. The lowest BCUT2D eigenvalue weighted by Crippen LogP contribution is -2.15. The summed E-state index contributed by atoms with van der Waals surface area (Å²) in [4.78, 5) is 22.3. The highest BCUT2D eigenvalue weighted by Gasteiger charge is 2.02. The van der Waals surface area contributed by atoms with E-state index < -0.39 is 5.97 Å². The smallest absolute Gasteiger partial charge is 0.330 e. The molecule has 0 spiro atoms. The standard InChI is InChI=1S/C23H42O9/c1-3-5-6-7-8-9-23(25)32-21-19-30-17-15-28-13-11-26-10-12-27-14-16-29-18-20-31-22(24)4-2/h4H,2-3,5-21H2,1H3. The molecule has 0 amide bonds. The molecule has 0 atom stereocenters. The minimum atomic E-state index is -0.458. The van der Waals surface area contributed by atoms with E-state index in [4.69, 9.17) is 33.2 Å². The molecule has 9 heteroatoms.